The van der Waals surface area contributed by atoms with E-state index in [2.05, 4.69) is 54.7 Å². The van der Waals surface area contributed by atoms with Crippen molar-refractivity contribution in [1.29, 1.82) is 0 Å². The lowest BCUT2D eigenvalue weighted by Gasteiger charge is -2.26. The summed E-state index contributed by atoms with van der Waals surface area (Å²) in [5.41, 5.74) is 2.77. The molecule has 0 heterocycles. The van der Waals surface area contributed by atoms with Crippen LogP contribution < -0.4 is 5.32 Å². The van der Waals surface area contributed by atoms with E-state index in [9.17, 15) is 0 Å². The zero-order chi connectivity index (χ0) is 13.4. The van der Waals surface area contributed by atoms with Crippen molar-refractivity contribution in [2.75, 3.05) is 26.1 Å². The summed E-state index contributed by atoms with van der Waals surface area (Å²) in [5, 5.41) is 3.20. The van der Waals surface area contributed by atoms with Crippen molar-refractivity contribution in [3.63, 3.8) is 0 Å². The van der Waals surface area contributed by atoms with E-state index in [1.54, 1.807) is 0 Å². The Labute approximate surface area is 116 Å². The maximum Gasteiger partial charge on any atom is 0.0234 e. The van der Waals surface area contributed by atoms with Crippen LogP contribution in [-0.2, 0) is 13.1 Å². The molecule has 102 valence electrons. The molecule has 0 saturated carbocycles. The van der Waals surface area contributed by atoms with Crippen molar-refractivity contribution < 1.29 is 0 Å². The minimum Gasteiger partial charge on any atom is -0.316 e. The zero-order valence-corrected chi connectivity index (χ0v) is 12.9. The van der Waals surface area contributed by atoms with Crippen molar-refractivity contribution >= 4 is 11.8 Å². The number of rotatable bonds is 8. The molecule has 3 heteroatoms. The standard InChI is InChI=1S/C15H26N2S/c1-5-15(12-18-4)17(3)11-14-8-6-7-13(9-14)10-16-2/h6-9,15-16H,5,10-12H2,1-4H3. The van der Waals surface area contributed by atoms with Crippen molar-refractivity contribution in [3.05, 3.63) is 35.4 Å². The summed E-state index contributed by atoms with van der Waals surface area (Å²) in [4.78, 5) is 2.47. The molecule has 1 unspecified atom stereocenters. The van der Waals surface area contributed by atoms with Gasteiger partial charge in [0.1, 0.15) is 0 Å². The van der Waals surface area contributed by atoms with Crippen LogP contribution in [-0.4, -0.2) is 37.0 Å². The van der Waals surface area contributed by atoms with Gasteiger partial charge in [-0.2, -0.15) is 11.8 Å². The van der Waals surface area contributed by atoms with Crippen LogP contribution in [0.2, 0.25) is 0 Å². The Bertz CT molecular complexity index is 341. The molecule has 0 aliphatic carbocycles. The number of benzene rings is 1. The van der Waals surface area contributed by atoms with E-state index in [0.717, 1.165) is 13.1 Å². The monoisotopic (exact) mass is 266 g/mol. The van der Waals surface area contributed by atoms with E-state index in [4.69, 9.17) is 0 Å². The molecule has 0 spiro atoms. The van der Waals surface area contributed by atoms with Gasteiger partial charge in [-0.3, -0.25) is 4.90 Å². The van der Waals surface area contributed by atoms with E-state index >= 15 is 0 Å². The predicted molar refractivity (Wildman–Crippen MR) is 83.1 cm³/mol. The van der Waals surface area contributed by atoms with Crippen LogP contribution in [0.25, 0.3) is 0 Å². The quantitative estimate of drug-likeness (QED) is 0.779. The Morgan fingerprint density at radius 2 is 2.06 bits per heavy atom. The van der Waals surface area contributed by atoms with Gasteiger partial charge in [0, 0.05) is 24.9 Å². The highest BCUT2D eigenvalue weighted by Gasteiger charge is 2.12. The Kier molecular flexibility index (Phi) is 7.40. The van der Waals surface area contributed by atoms with Crippen LogP contribution in [0, 0.1) is 0 Å². The minimum atomic E-state index is 0.674. The van der Waals surface area contributed by atoms with Gasteiger partial charge in [-0.25, -0.2) is 0 Å². The molecule has 1 aromatic carbocycles. The van der Waals surface area contributed by atoms with Gasteiger partial charge in [0.2, 0.25) is 0 Å². The van der Waals surface area contributed by atoms with Gasteiger partial charge in [-0.15, -0.1) is 0 Å². The van der Waals surface area contributed by atoms with Gasteiger partial charge in [0.25, 0.3) is 0 Å². The molecule has 0 amide bonds. The van der Waals surface area contributed by atoms with Crippen LogP contribution in [0.15, 0.2) is 24.3 Å². The van der Waals surface area contributed by atoms with E-state index in [1.165, 1.54) is 23.3 Å². The fourth-order valence-electron chi connectivity index (χ4n) is 2.21. The van der Waals surface area contributed by atoms with Crippen LogP contribution in [0.3, 0.4) is 0 Å². The summed E-state index contributed by atoms with van der Waals surface area (Å²) in [6.07, 6.45) is 3.40. The lowest BCUT2D eigenvalue weighted by atomic mass is 10.1. The van der Waals surface area contributed by atoms with Gasteiger partial charge in [0.05, 0.1) is 0 Å². The smallest absolute Gasteiger partial charge is 0.0234 e. The third-order valence-electron chi connectivity index (χ3n) is 3.26. The Hall–Kier alpha value is -0.510. The SMILES string of the molecule is CCC(CSC)N(C)Cc1cccc(CNC)c1. The average Bonchev–Trinajstić information content (AvgIpc) is 2.36. The molecule has 1 rings (SSSR count). The van der Waals surface area contributed by atoms with Crippen molar-refractivity contribution in [2.45, 2.75) is 32.5 Å². The molecule has 0 radical (unpaired) electrons. The van der Waals surface area contributed by atoms with E-state index in [1.807, 2.05) is 18.8 Å². The minimum absolute atomic E-state index is 0.674. The molecular formula is C15H26N2S. The van der Waals surface area contributed by atoms with E-state index in [-0.39, 0.29) is 0 Å². The number of thioether (sulfide) groups is 1. The number of hydrogen-bond donors (Lipinski definition) is 1. The van der Waals surface area contributed by atoms with Gasteiger partial charge >= 0.3 is 0 Å². The normalized spacial score (nSPS) is 12.9. The molecule has 18 heavy (non-hydrogen) atoms. The molecule has 0 aliphatic heterocycles. The van der Waals surface area contributed by atoms with E-state index < -0.39 is 0 Å². The second kappa shape index (κ2) is 8.57. The largest absolute Gasteiger partial charge is 0.316 e. The number of nitrogens with zero attached hydrogens (tertiary/aromatic N) is 1. The van der Waals surface area contributed by atoms with E-state index in [0.29, 0.717) is 6.04 Å². The summed E-state index contributed by atoms with van der Waals surface area (Å²) in [7, 11) is 4.22. The van der Waals surface area contributed by atoms with Gasteiger partial charge in [-0.05, 0) is 37.9 Å². The summed E-state index contributed by atoms with van der Waals surface area (Å²) in [6.45, 7) is 4.25. The highest BCUT2D eigenvalue weighted by Crippen LogP contribution is 2.13. The Morgan fingerprint density at radius 3 is 2.67 bits per heavy atom. The fourth-order valence-corrected chi connectivity index (χ4v) is 3.08. The lowest BCUT2D eigenvalue weighted by Crippen LogP contribution is -2.32. The first-order valence-corrected chi connectivity index (χ1v) is 8.02. The van der Waals surface area contributed by atoms with Gasteiger partial charge in [0.15, 0.2) is 0 Å². The maximum atomic E-state index is 3.20. The van der Waals surface area contributed by atoms with Crippen LogP contribution in [0.4, 0.5) is 0 Å². The first kappa shape index (κ1) is 15.5. The molecule has 0 fully saturated rings. The predicted octanol–water partition coefficient (Wildman–Crippen LogP) is 2.98. The summed E-state index contributed by atoms with van der Waals surface area (Å²) >= 11 is 1.93. The van der Waals surface area contributed by atoms with Gasteiger partial charge < -0.3 is 5.32 Å². The van der Waals surface area contributed by atoms with Gasteiger partial charge in [-0.1, -0.05) is 31.2 Å². The van der Waals surface area contributed by atoms with Crippen molar-refractivity contribution in [3.8, 4) is 0 Å². The highest BCUT2D eigenvalue weighted by molar-refractivity contribution is 7.98. The summed E-state index contributed by atoms with van der Waals surface area (Å²) in [5.74, 6) is 1.21. The average molecular weight is 266 g/mol. The molecule has 0 saturated heterocycles. The summed E-state index contributed by atoms with van der Waals surface area (Å²) in [6, 6.07) is 9.54. The first-order valence-electron chi connectivity index (χ1n) is 6.62. The molecule has 1 N–H and O–H groups in total. The van der Waals surface area contributed by atoms with Crippen molar-refractivity contribution in [1.82, 2.24) is 10.2 Å². The van der Waals surface area contributed by atoms with Crippen molar-refractivity contribution in [2.24, 2.45) is 0 Å². The Morgan fingerprint density at radius 1 is 1.33 bits per heavy atom. The zero-order valence-electron chi connectivity index (χ0n) is 12.1. The molecule has 0 aliphatic rings. The fraction of sp³-hybridized carbons (Fsp3) is 0.600. The molecule has 2 nitrogen and oxygen atoms in total. The van der Waals surface area contributed by atoms with Crippen LogP contribution in [0.5, 0.6) is 0 Å². The first-order chi connectivity index (χ1) is 8.71. The maximum absolute atomic E-state index is 3.20. The molecule has 1 atom stereocenters. The second-order valence-electron chi connectivity index (χ2n) is 4.78. The number of hydrogen-bond acceptors (Lipinski definition) is 3. The second-order valence-corrected chi connectivity index (χ2v) is 5.69. The third kappa shape index (κ3) is 5.01. The van der Waals surface area contributed by atoms with Crippen LogP contribution >= 0.6 is 11.8 Å². The Balaban J connectivity index is 2.62. The lowest BCUT2D eigenvalue weighted by molar-refractivity contribution is 0.248. The molecule has 1 aromatic rings. The number of nitrogens with one attached hydrogen (secondary N) is 1. The topological polar surface area (TPSA) is 15.3 Å². The molecular weight excluding hydrogens is 240 g/mol. The molecule has 0 bridgehead atoms. The molecule has 0 aromatic heterocycles. The summed E-state index contributed by atoms with van der Waals surface area (Å²) < 4.78 is 0. The highest BCUT2D eigenvalue weighted by atomic mass is 32.2. The third-order valence-corrected chi connectivity index (χ3v) is 3.98. The van der Waals surface area contributed by atoms with Crippen LogP contribution in [0.1, 0.15) is 24.5 Å².